The number of imidazole rings is 1. The van der Waals surface area contributed by atoms with Crippen LogP contribution < -0.4 is 10.2 Å². The molecule has 2 heterocycles. The Labute approximate surface area is 174 Å². The summed E-state index contributed by atoms with van der Waals surface area (Å²) in [5.74, 6) is 0.145. The van der Waals surface area contributed by atoms with Crippen molar-refractivity contribution in [2.75, 3.05) is 16.0 Å². The second-order valence-electron chi connectivity index (χ2n) is 7.52. The van der Waals surface area contributed by atoms with Crippen LogP contribution in [0, 0.1) is 0 Å². The van der Waals surface area contributed by atoms with Crippen molar-refractivity contribution in [3.8, 4) is 0 Å². The maximum Gasteiger partial charge on any atom is 0.237 e. The molecular weight excluding hydrogens is 384 g/mol. The highest BCUT2D eigenvalue weighted by Gasteiger charge is 2.29. The molecule has 7 heteroatoms. The number of anilines is 2. The monoisotopic (exact) mass is 408 g/mol. The van der Waals surface area contributed by atoms with Crippen LogP contribution in [0.5, 0.6) is 0 Å². The van der Waals surface area contributed by atoms with Gasteiger partial charge in [-0.15, -0.1) is 0 Å². The summed E-state index contributed by atoms with van der Waals surface area (Å²) in [5, 5.41) is 3.73. The quantitative estimate of drug-likeness (QED) is 0.647. The lowest BCUT2D eigenvalue weighted by Crippen LogP contribution is -2.40. The normalized spacial score (nSPS) is 16.6. The van der Waals surface area contributed by atoms with E-state index in [2.05, 4.69) is 29.8 Å². The molecule has 150 valence electrons. The summed E-state index contributed by atoms with van der Waals surface area (Å²) in [7, 11) is 0. The van der Waals surface area contributed by atoms with Gasteiger partial charge in [-0.3, -0.25) is 9.59 Å². The van der Waals surface area contributed by atoms with Crippen molar-refractivity contribution >= 4 is 46.0 Å². The molecule has 29 heavy (non-hydrogen) atoms. The van der Waals surface area contributed by atoms with Gasteiger partial charge >= 0.3 is 0 Å². The fraction of sp³-hybridized carbons (Fsp3) is 0.318. The molecule has 2 aromatic carbocycles. The van der Waals surface area contributed by atoms with E-state index in [9.17, 15) is 9.59 Å². The molecule has 0 fully saturated rings. The summed E-state index contributed by atoms with van der Waals surface area (Å²) in [6, 6.07) is 15.5. The van der Waals surface area contributed by atoms with E-state index in [0.29, 0.717) is 5.69 Å². The van der Waals surface area contributed by atoms with Crippen molar-refractivity contribution in [1.29, 1.82) is 0 Å². The minimum absolute atomic E-state index is 0.0335. The maximum atomic E-state index is 13.2. The number of aromatic nitrogens is 2. The Morgan fingerprint density at radius 2 is 1.93 bits per heavy atom. The number of rotatable bonds is 4. The van der Waals surface area contributed by atoms with Crippen LogP contribution in [0.1, 0.15) is 33.2 Å². The first kappa shape index (κ1) is 19.5. The van der Waals surface area contributed by atoms with Gasteiger partial charge in [0.25, 0.3) is 0 Å². The zero-order valence-corrected chi connectivity index (χ0v) is 17.6. The largest absolute Gasteiger partial charge is 0.324 e. The molecule has 3 aromatic rings. The summed E-state index contributed by atoms with van der Waals surface area (Å²) in [6.07, 6.45) is 0.273. The summed E-state index contributed by atoms with van der Waals surface area (Å²) in [6.45, 7) is 6.14. The van der Waals surface area contributed by atoms with Gasteiger partial charge in [0.2, 0.25) is 11.8 Å². The Balaban J connectivity index is 1.61. The number of carbonyl (C=O) groups excluding carboxylic acids is 2. The number of carbonyl (C=O) groups is 2. The average molecular weight is 409 g/mol. The van der Waals surface area contributed by atoms with Crippen LogP contribution >= 0.6 is 11.8 Å². The second kappa shape index (κ2) is 7.91. The smallest absolute Gasteiger partial charge is 0.237 e. The topological polar surface area (TPSA) is 67.2 Å². The molecule has 0 spiro atoms. The van der Waals surface area contributed by atoms with Crippen molar-refractivity contribution in [2.24, 2.45) is 0 Å². The van der Waals surface area contributed by atoms with E-state index in [1.807, 2.05) is 49.4 Å². The van der Waals surface area contributed by atoms with Crippen molar-refractivity contribution in [3.05, 3.63) is 48.5 Å². The number of nitrogens with one attached hydrogen (secondary N) is 1. The van der Waals surface area contributed by atoms with Gasteiger partial charge in [-0.05, 0) is 45.0 Å². The molecule has 6 nitrogen and oxygen atoms in total. The molecule has 1 aliphatic heterocycles. The van der Waals surface area contributed by atoms with E-state index in [1.54, 1.807) is 4.90 Å². The fourth-order valence-electron chi connectivity index (χ4n) is 3.79. The van der Waals surface area contributed by atoms with E-state index >= 15 is 0 Å². The standard InChI is InChI=1S/C22H24N4O2S/c1-14(2)25-18-10-6-5-9-17(18)24-22(25)29-13-21(28)26-15(3)12-20(27)23-16-8-4-7-11-19(16)26/h4-11,14-15H,12-13H2,1-3H3,(H,23,27). The molecular formula is C22H24N4O2S. The highest BCUT2D eigenvalue weighted by atomic mass is 32.2. The fourth-order valence-corrected chi connectivity index (χ4v) is 4.79. The predicted molar refractivity (Wildman–Crippen MR) is 117 cm³/mol. The third-order valence-corrected chi connectivity index (χ3v) is 5.97. The number of thioether (sulfide) groups is 1. The third-order valence-electron chi connectivity index (χ3n) is 5.03. The van der Waals surface area contributed by atoms with Gasteiger partial charge < -0.3 is 14.8 Å². The first-order valence-electron chi connectivity index (χ1n) is 9.76. The van der Waals surface area contributed by atoms with Gasteiger partial charge in [0.15, 0.2) is 5.16 Å². The van der Waals surface area contributed by atoms with E-state index in [4.69, 9.17) is 4.98 Å². The average Bonchev–Trinajstić information content (AvgIpc) is 3.00. The number of nitrogens with zero attached hydrogens (tertiary/aromatic N) is 3. The van der Waals surface area contributed by atoms with E-state index in [-0.39, 0.29) is 36.1 Å². The van der Waals surface area contributed by atoms with Gasteiger partial charge in [-0.2, -0.15) is 0 Å². The minimum Gasteiger partial charge on any atom is -0.324 e. The van der Waals surface area contributed by atoms with Crippen molar-refractivity contribution < 1.29 is 9.59 Å². The highest BCUT2D eigenvalue weighted by Crippen LogP contribution is 2.33. The Hall–Kier alpha value is -2.80. The third kappa shape index (κ3) is 3.74. The van der Waals surface area contributed by atoms with Gasteiger partial charge in [0.05, 0.1) is 28.2 Å². The van der Waals surface area contributed by atoms with Crippen LogP contribution in [0.15, 0.2) is 53.7 Å². The first-order chi connectivity index (χ1) is 14.0. The molecule has 4 rings (SSSR count). The molecule has 0 saturated heterocycles. The summed E-state index contributed by atoms with van der Waals surface area (Å²) in [5.41, 5.74) is 3.42. The van der Waals surface area contributed by atoms with Gasteiger partial charge in [0, 0.05) is 18.5 Å². The summed E-state index contributed by atoms with van der Waals surface area (Å²) >= 11 is 1.44. The lowest BCUT2D eigenvalue weighted by molar-refractivity contribution is -0.117. The molecule has 2 amide bonds. The molecule has 1 atom stereocenters. The van der Waals surface area contributed by atoms with Crippen LogP contribution in [-0.4, -0.2) is 33.2 Å². The van der Waals surface area contributed by atoms with Gasteiger partial charge in [-0.25, -0.2) is 4.98 Å². The molecule has 0 saturated carbocycles. The van der Waals surface area contributed by atoms with Crippen LogP contribution in [-0.2, 0) is 9.59 Å². The van der Waals surface area contributed by atoms with Crippen molar-refractivity contribution in [2.45, 2.75) is 44.4 Å². The lowest BCUT2D eigenvalue weighted by atomic mass is 10.2. The van der Waals surface area contributed by atoms with Crippen molar-refractivity contribution in [1.82, 2.24) is 9.55 Å². The van der Waals surface area contributed by atoms with Crippen LogP contribution in [0.4, 0.5) is 11.4 Å². The number of fused-ring (bicyclic) bond motifs is 2. The van der Waals surface area contributed by atoms with Crippen LogP contribution in [0.2, 0.25) is 0 Å². The molecule has 0 radical (unpaired) electrons. The summed E-state index contributed by atoms with van der Waals surface area (Å²) < 4.78 is 2.16. The zero-order chi connectivity index (χ0) is 20.5. The molecule has 1 N–H and O–H groups in total. The number of hydrogen-bond acceptors (Lipinski definition) is 4. The number of hydrogen-bond donors (Lipinski definition) is 1. The lowest BCUT2D eigenvalue weighted by Gasteiger charge is -2.27. The Morgan fingerprint density at radius 3 is 2.72 bits per heavy atom. The molecule has 1 unspecified atom stereocenters. The van der Waals surface area contributed by atoms with Gasteiger partial charge in [-0.1, -0.05) is 36.0 Å². The molecule has 1 aromatic heterocycles. The Kier molecular flexibility index (Phi) is 5.32. The van der Waals surface area contributed by atoms with E-state index in [0.717, 1.165) is 21.9 Å². The first-order valence-corrected chi connectivity index (χ1v) is 10.7. The van der Waals surface area contributed by atoms with Crippen molar-refractivity contribution in [3.63, 3.8) is 0 Å². The van der Waals surface area contributed by atoms with E-state index in [1.165, 1.54) is 11.8 Å². The molecule has 1 aliphatic rings. The predicted octanol–water partition coefficient (Wildman–Crippen LogP) is 4.47. The van der Waals surface area contributed by atoms with E-state index < -0.39 is 0 Å². The summed E-state index contributed by atoms with van der Waals surface area (Å²) in [4.78, 5) is 31.9. The maximum absolute atomic E-state index is 13.2. The Bertz CT molecular complexity index is 1080. The number of para-hydroxylation sites is 4. The molecule has 0 aliphatic carbocycles. The van der Waals surface area contributed by atoms with Gasteiger partial charge in [0.1, 0.15) is 0 Å². The number of amides is 2. The number of benzene rings is 2. The zero-order valence-electron chi connectivity index (χ0n) is 16.8. The molecule has 0 bridgehead atoms. The van der Waals surface area contributed by atoms with Crippen LogP contribution in [0.3, 0.4) is 0 Å². The minimum atomic E-state index is -0.212. The van der Waals surface area contributed by atoms with Crippen LogP contribution in [0.25, 0.3) is 11.0 Å². The SMILES string of the molecule is CC1CC(=O)Nc2ccccc2N1C(=O)CSc1nc2ccccc2n1C(C)C. The Morgan fingerprint density at radius 1 is 1.21 bits per heavy atom. The highest BCUT2D eigenvalue weighted by molar-refractivity contribution is 7.99. The second-order valence-corrected chi connectivity index (χ2v) is 8.46.